The number of para-hydroxylation sites is 1. The minimum Gasteiger partial charge on any atom is -0.375 e. The maximum Gasteiger partial charge on any atom is 0.277 e. The molecule has 0 atom stereocenters. The zero-order valence-electron chi connectivity index (χ0n) is 25.7. The summed E-state index contributed by atoms with van der Waals surface area (Å²) in [5, 5.41) is 0.440. The smallest absolute Gasteiger partial charge is 0.277 e. The van der Waals surface area contributed by atoms with Crippen molar-refractivity contribution in [2.45, 2.75) is 31.6 Å². The molecule has 1 aliphatic rings. The number of aryl methyl sites for hydroxylation is 1. The van der Waals surface area contributed by atoms with Crippen molar-refractivity contribution in [1.29, 1.82) is 0 Å². The molecule has 0 spiro atoms. The van der Waals surface area contributed by atoms with E-state index in [4.69, 9.17) is 10.7 Å². The third-order valence-electron chi connectivity index (χ3n) is 8.10. The van der Waals surface area contributed by atoms with Gasteiger partial charge < -0.3 is 15.5 Å². The zero-order chi connectivity index (χ0) is 33.1. The summed E-state index contributed by atoms with van der Waals surface area (Å²) in [4.78, 5) is 43.5. The number of aromatic nitrogens is 4. The quantitative estimate of drug-likeness (QED) is 0.261. The van der Waals surface area contributed by atoms with Crippen LogP contribution in [0.1, 0.15) is 31.0 Å². The van der Waals surface area contributed by atoms with Crippen LogP contribution in [0.5, 0.6) is 0 Å². The molecule has 238 valence electrons. The van der Waals surface area contributed by atoms with Crippen LogP contribution in [0, 0.1) is 12.7 Å². The van der Waals surface area contributed by atoms with Crippen LogP contribution in [0.25, 0.3) is 38.2 Å². The van der Waals surface area contributed by atoms with E-state index in [9.17, 15) is 18.0 Å². The highest BCUT2D eigenvalue weighted by atomic mass is 32.2. The summed E-state index contributed by atoms with van der Waals surface area (Å²) >= 11 is 1.26. The van der Waals surface area contributed by atoms with Gasteiger partial charge in [0.05, 0.1) is 27.3 Å². The zero-order valence-corrected chi connectivity index (χ0v) is 27.4. The summed E-state index contributed by atoms with van der Waals surface area (Å²) < 4.78 is 45.4. The molecule has 4 aromatic heterocycles. The van der Waals surface area contributed by atoms with Gasteiger partial charge in [0, 0.05) is 49.6 Å². The molecular weight excluding hydrogens is 630 g/mol. The Hall–Kier alpha value is -4.69. The molecule has 0 radical (unpaired) electrons. The van der Waals surface area contributed by atoms with Crippen molar-refractivity contribution >= 4 is 59.2 Å². The highest BCUT2D eigenvalue weighted by molar-refractivity contribution is 7.90. The Morgan fingerprint density at radius 3 is 2.50 bits per heavy atom. The SMILES string of the molecule is C=CC(=O)N1CCN(c2c(S(C)(=O)=O)c(=O)n(-c3c(C)ccnc3C(C)C)c3nc(-c4cccc5sc(N)nc45)c(F)cc23)CC1. The number of hydrogen-bond acceptors (Lipinski definition) is 10. The molecule has 0 unspecified atom stereocenters. The van der Waals surface area contributed by atoms with Crippen molar-refractivity contribution in [3.05, 3.63) is 76.6 Å². The number of pyridine rings is 3. The minimum absolute atomic E-state index is 0.0474. The normalized spacial score (nSPS) is 14.0. The number of amides is 1. The third-order valence-corrected chi connectivity index (χ3v) is 10.1. The summed E-state index contributed by atoms with van der Waals surface area (Å²) in [6.45, 7) is 10.1. The highest BCUT2D eigenvalue weighted by Crippen LogP contribution is 2.39. The number of halogens is 1. The Labute approximate surface area is 268 Å². The number of thiazole rings is 1. The Kier molecular flexibility index (Phi) is 7.89. The van der Waals surface area contributed by atoms with Crippen LogP contribution in [0.3, 0.4) is 0 Å². The van der Waals surface area contributed by atoms with E-state index < -0.39 is 26.1 Å². The number of hydrogen-bond donors (Lipinski definition) is 1. The van der Waals surface area contributed by atoms with Crippen LogP contribution >= 0.6 is 11.3 Å². The fraction of sp³-hybridized carbons (Fsp3) is 0.281. The number of nitrogens with two attached hydrogens (primary N) is 1. The molecule has 2 N–H and O–H groups in total. The molecule has 5 aromatic rings. The van der Waals surface area contributed by atoms with Gasteiger partial charge in [0.1, 0.15) is 11.5 Å². The van der Waals surface area contributed by atoms with E-state index in [0.717, 1.165) is 11.0 Å². The van der Waals surface area contributed by atoms with Gasteiger partial charge in [-0.3, -0.25) is 19.1 Å². The van der Waals surface area contributed by atoms with E-state index in [0.29, 0.717) is 33.2 Å². The number of carbonyl (C=O) groups is 1. The molecule has 14 heteroatoms. The van der Waals surface area contributed by atoms with Crippen LogP contribution in [-0.4, -0.2) is 71.2 Å². The first kappa shape index (κ1) is 31.3. The van der Waals surface area contributed by atoms with E-state index in [2.05, 4.69) is 16.5 Å². The highest BCUT2D eigenvalue weighted by Gasteiger charge is 2.33. The molecule has 11 nitrogen and oxygen atoms in total. The maximum absolute atomic E-state index is 16.4. The maximum atomic E-state index is 16.4. The van der Waals surface area contributed by atoms with Crippen molar-refractivity contribution < 1.29 is 17.6 Å². The van der Waals surface area contributed by atoms with Crippen molar-refractivity contribution in [1.82, 2.24) is 24.4 Å². The lowest BCUT2D eigenvalue weighted by molar-refractivity contribution is -0.126. The van der Waals surface area contributed by atoms with Crippen LogP contribution in [0.15, 0.2) is 58.9 Å². The number of carbonyl (C=O) groups excluding carboxylic acids is 1. The van der Waals surface area contributed by atoms with Gasteiger partial charge in [0.25, 0.3) is 5.56 Å². The standard InChI is InChI=1S/C32H32FN7O4S2/c1-6-23(41)38-12-14-39(15-13-38)28-20-16-21(33)25(19-8-7-9-22-26(19)37-32(34)45-22)36-30(20)40(31(42)29(28)46(5,43)44)27-18(4)10-11-35-24(27)17(2)3/h6-11,16-17H,1,12-15H2,2-5H3,(H2,34,37). The first-order valence-electron chi connectivity index (χ1n) is 14.6. The average Bonchev–Trinajstić information content (AvgIpc) is 3.40. The molecule has 6 rings (SSSR count). The van der Waals surface area contributed by atoms with E-state index in [-0.39, 0.29) is 60.4 Å². The van der Waals surface area contributed by atoms with Gasteiger partial charge in [-0.05, 0) is 42.7 Å². The molecule has 0 bridgehead atoms. The number of piperazine rings is 1. The second kappa shape index (κ2) is 11.6. The summed E-state index contributed by atoms with van der Waals surface area (Å²) in [6.07, 6.45) is 3.81. The summed E-state index contributed by atoms with van der Waals surface area (Å²) in [7, 11) is -4.18. The van der Waals surface area contributed by atoms with E-state index in [1.807, 2.05) is 19.9 Å². The van der Waals surface area contributed by atoms with Crippen molar-refractivity contribution in [2.75, 3.05) is 43.1 Å². The largest absolute Gasteiger partial charge is 0.375 e. The van der Waals surface area contributed by atoms with Crippen molar-refractivity contribution in [3.8, 4) is 16.9 Å². The van der Waals surface area contributed by atoms with Crippen LogP contribution < -0.4 is 16.2 Å². The molecule has 1 aliphatic heterocycles. The van der Waals surface area contributed by atoms with Crippen molar-refractivity contribution in [2.24, 2.45) is 0 Å². The topological polar surface area (TPSA) is 144 Å². The van der Waals surface area contributed by atoms with Crippen LogP contribution in [0.4, 0.5) is 15.2 Å². The lowest BCUT2D eigenvalue weighted by atomic mass is 10.0. The van der Waals surface area contributed by atoms with E-state index >= 15 is 4.39 Å². The van der Waals surface area contributed by atoms with Gasteiger partial charge in [-0.15, -0.1) is 0 Å². The first-order chi connectivity index (χ1) is 21.8. The second-order valence-corrected chi connectivity index (χ2v) is 14.5. The molecule has 5 heterocycles. The number of nitrogen functional groups attached to an aromatic ring is 1. The van der Waals surface area contributed by atoms with Gasteiger partial charge in [-0.25, -0.2) is 22.8 Å². The number of nitrogens with zero attached hydrogens (tertiary/aromatic N) is 6. The first-order valence-corrected chi connectivity index (χ1v) is 17.3. The Balaban J connectivity index is 1.75. The van der Waals surface area contributed by atoms with Gasteiger partial charge in [-0.1, -0.05) is 43.9 Å². The number of fused-ring (bicyclic) bond motifs is 2. The van der Waals surface area contributed by atoms with Gasteiger partial charge in [0.2, 0.25) is 5.91 Å². The molecule has 1 aromatic carbocycles. The molecule has 0 aliphatic carbocycles. The van der Waals surface area contributed by atoms with Gasteiger partial charge >= 0.3 is 0 Å². The van der Waals surface area contributed by atoms with Crippen LogP contribution in [0.2, 0.25) is 0 Å². The fourth-order valence-corrected chi connectivity index (χ4v) is 7.77. The fourth-order valence-electron chi connectivity index (χ4n) is 6.01. The number of sulfone groups is 1. The van der Waals surface area contributed by atoms with Gasteiger partial charge in [-0.2, -0.15) is 0 Å². The van der Waals surface area contributed by atoms with Crippen LogP contribution in [-0.2, 0) is 14.6 Å². The number of benzene rings is 1. The second-order valence-electron chi connectivity index (χ2n) is 11.5. The Bertz CT molecular complexity index is 2240. The van der Waals surface area contributed by atoms with Crippen molar-refractivity contribution in [3.63, 3.8) is 0 Å². The molecule has 1 saturated heterocycles. The molecular formula is C32H32FN7O4S2. The lowest BCUT2D eigenvalue weighted by Gasteiger charge is -2.37. The molecule has 46 heavy (non-hydrogen) atoms. The molecule has 1 fully saturated rings. The van der Waals surface area contributed by atoms with E-state index in [1.54, 1.807) is 41.1 Å². The molecule has 1 amide bonds. The monoisotopic (exact) mass is 661 g/mol. The summed E-state index contributed by atoms with van der Waals surface area (Å²) in [5.41, 5.74) is 7.64. The Morgan fingerprint density at radius 2 is 1.85 bits per heavy atom. The Morgan fingerprint density at radius 1 is 1.13 bits per heavy atom. The van der Waals surface area contributed by atoms with E-state index in [1.165, 1.54) is 28.0 Å². The lowest BCUT2D eigenvalue weighted by Crippen LogP contribution is -2.49. The molecule has 0 saturated carbocycles. The summed E-state index contributed by atoms with van der Waals surface area (Å²) in [5.74, 6) is -1.14. The predicted molar refractivity (Wildman–Crippen MR) is 179 cm³/mol. The number of anilines is 2. The summed E-state index contributed by atoms with van der Waals surface area (Å²) in [6, 6.07) is 8.21. The number of rotatable bonds is 6. The third kappa shape index (κ3) is 5.20. The van der Waals surface area contributed by atoms with Gasteiger partial charge in [0.15, 0.2) is 25.5 Å². The minimum atomic E-state index is -4.18. The predicted octanol–water partition coefficient (Wildman–Crippen LogP) is 4.45. The average molecular weight is 662 g/mol.